The third-order valence-electron chi connectivity index (χ3n) is 1.23. The molecule has 0 saturated heterocycles. The molecule has 9 heavy (non-hydrogen) atoms. The van der Waals surface area contributed by atoms with Gasteiger partial charge in [-0.2, -0.15) is 0 Å². The van der Waals surface area contributed by atoms with Gasteiger partial charge in [-0.15, -0.1) is 0 Å². The largest absolute Gasteiger partial charge is 0.300 e. The van der Waals surface area contributed by atoms with Gasteiger partial charge in [0.1, 0.15) is 5.78 Å². The lowest BCUT2D eigenvalue weighted by Gasteiger charge is -1.93. The molecule has 0 aromatic heterocycles. The van der Waals surface area contributed by atoms with Crippen molar-refractivity contribution in [2.75, 3.05) is 4.43 Å². The van der Waals surface area contributed by atoms with Gasteiger partial charge in [-0.1, -0.05) is 29.5 Å². The van der Waals surface area contributed by atoms with Gasteiger partial charge in [0.15, 0.2) is 0 Å². The van der Waals surface area contributed by atoms with Crippen molar-refractivity contribution in [1.29, 1.82) is 0 Å². The Kier molecular flexibility index (Phi) is 6.81. The molecule has 0 aromatic rings. The number of ketones is 1. The molecule has 0 unspecified atom stereocenters. The van der Waals surface area contributed by atoms with Gasteiger partial charge in [-0.25, -0.2) is 0 Å². The molecule has 0 amide bonds. The van der Waals surface area contributed by atoms with E-state index in [-0.39, 0.29) is 0 Å². The van der Waals surface area contributed by atoms with E-state index in [1.165, 1.54) is 10.8 Å². The van der Waals surface area contributed by atoms with Gasteiger partial charge in [0, 0.05) is 12.8 Å². The predicted octanol–water partition coefficient (Wildman–Crippen LogP) is 2.57. The van der Waals surface area contributed by atoms with Crippen molar-refractivity contribution in [2.24, 2.45) is 0 Å². The predicted molar refractivity (Wildman–Crippen MR) is 48.0 cm³/mol. The summed E-state index contributed by atoms with van der Waals surface area (Å²) in [6, 6.07) is 0. The zero-order chi connectivity index (χ0) is 7.11. The standard InChI is InChI=1S/C7H13IO/c1-2-7(9)5-3-4-6-8/h2-6H2,1H3. The Labute approximate surface area is 70.4 Å². The monoisotopic (exact) mass is 240 g/mol. The zero-order valence-corrected chi connectivity index (χ0v) is 7.98. The maximum Gasteiger partial charge on any atom is 0.132 e. The number of alkyl halides is 1. The number of hydrogen-bond donors (Lipinski definition) is 0. The van der Waals surface area contributed by atoms with E-state index < -0.39 is 0 Å². The van der Waals surface area contributed by atoms with Crippen LogP contribution in [-0.4, -0.2) is 10.2 Å². The highest BCUT2D eigenvalue weighted by Crippen LogP contribution is 2.00. The second-order valence-electron chi connectivity index (χ2n) is 2.04. The van der Waals surface area contributed by atoms with Crippen LogP contribution >= 0.6 is 22.6 Å². The van der Waals surface area contributed by atoms with Crippen LogP contribution in [0.1, 0.15) is 32.6 Å². The summed E-state index contributed by atoms with van der Waals surface area (Å²) < 4.78 is 1.18. The lowest BCUT2D eigenvalue weighted by molar-refractivity contribution is -0.118. The first kappa shape index (κ1) is 9.40. The molecule has 0 aliphatic rings. The van der Waals surface area contributed by atoms with Crippen LogP contribution in [0.3, 0.4) is 0 Å². The number of halogens is 1. The second kappa shape index (κ2) is 6.52. The second-order valence-corrected chi connectivity index (χ2v) is 3.12. The smallest absolute Gasteiger partial charge is 0.132 e. The molecule has 1 nitrogen and oxygen atoms in total. The van der Waals surface area contributed by atoms with E-state index in [4.69, 9.17) is 0 Å². The van der Waals surface area contributed by atoms with Gasteiger partial charge in [0.2, 0.25) is 0 Å². The molecule has 0 aliphatic carbocycles. The first-order valence-corrected chi connectivity index (χ1v) is 4.91. The minimum atomic E-state index is 0.403. The molecule has 0 rings (SSSR count). The number of carbonyl (C=O) groups is 1. The van der Waals surface area contributed by atoms with Crippen molar-refractivity contribution in [2.45, 2.75) is 32.6 Å². The normalized spacial score (nSPS) is 9.56. The first-order valence-electron chi connectivity index (χ1n) is 3.39. The molecule has 0 saturated carbocycles. The fourth-order valence-electron chi connectivity index (χ4n) is 0.593. The van der Waals surface area contributed by atoms with Crippen molar-refractivity contribution in [3.8, 4) is 0 Å². The third-order valence-corrected chi connectivity index (χ3v) is 2.00. The average Bonchev–Trinajstić information content (AvgIpc) is 1.89. The van der Waals surface area contributed by atoms with Crippen LogP contribution in [0.2, 0.25) is 0 Å². The molecule has 54 valence electrons. The molecule has 2 heteroatoms. The molecule has 0 atom stereocenters. The van der Waals surface area contributed by atoms with Crippen LogP contribution in [0.15, 0.2) is 0 Å². The number of unbranched alkanes of at least 4 members (excludes halogenated alkanes) is 1. The Morgan fingerprint density at radius 1 is 1.44 bits per heavy atom. The summed E-state index contributed by atoms with van der Waals surface area (Å²) in [5.41, 5.74) is 0. The molecule has 0 fully saturated rings. The number of carbonyl (C=O) groups excluding carboxylic acids is 1. The SMILES string of the molecule is CCC(=O)CCCCI. The quantitative estimate of drug-likeness (QED) is 0.410. The van der Waals surface area contributed by atoms with Crippen LogP contribution in [0, 0.1) is 0 Å². The summed E-state index contributed by atoms with van der Waals surface area (Å²) in [5, 5.41) is 0. The van der Waals surface area contributed by atoms with Crippen molar-refractivity contribution >= 4 is 28.4 Å². The molecular weight excluding hydrogens is 227 g/mol. The maximum atomic E-state index is 10.7. The lowest BCUT2D eigenvalue weighted by atomic mass is 10.1. The Morgan fingerprint density at radius 3 is 2.56 bits per heavy atom. The summed E-state index contributed by atoms with van der Waals surface area (Å²) in [6.07, 6.45) is 3.77. The van der Waals surface area contributed by atoms with Crippen molar-refractivity contribution in [3.05, 3.63) is 0 Å². The van der Waals surface area contributed by atoms with Crippen molar-refractivity contribution in [3.63, 3.8) is 0 Å². The highest BCUT2D eigenvalue weighted by Gasteiger charge is 1.95. The van der Waals surface area contributed by atoms with E-state index in [1.807, 2.05) is 6.92 Å². The van der Waals surface area contributed by atoms with Gasteiger partial charge >= 0.3 is 0 Å². The van der Waals surface area contributed by atoms with E-state index >= 15 is 0 Å². The van der Waals surface area contributed by atoms with E-state index in [1.54, 1.807) is 0 Å². The molecule has 0 spiro atoms. The van der Waals surface area contributed by atoms with Crippen molar-refractivity contribution < 1.29 is 4.79 Å². The molecule has 0 aromatic carbocycles. The Bertz CT molecular complexity index is 81.0. The Morgan fingerprint density at radius 2 is 2.11 bits per heavy atom. The average molecular weight is 240 g/mol. The molecule has 0 N–H and O–H groups in total. The van der Waals surface area contributed by atoms with Gasteiger partial charge in [-0.3, -0.25) is 4.79 Å². The molecule has 0 radical (unpaired) electrons. The number of Topliss-reactive ketones (excluding diaryl/α,β-unsaturated/α-hetero) is 1. The fraction of sp³-hybridized carbons (Fsp3) is 0.857. The fourth-order valence-corrected chi connectivity index (χ4v) is 1.13. The van der Waals surface area contributed by atoms with Gasteiger partial charge < -0.3 is 0 Å². The van der Waals surface area contributed by atoms with Crippen LogP contribution in [-0.2, 0) is 4.79 Å². The van der Waals surface area contributed by atoms with Gasteiger partial charge in [0.05, 0.1) is 0 Å². The summed E-state index contributed by atoms with van der Waals surface area (Å²) in [6.45, 7) is 1.92. The van der Waals surface area contributed by atoms with E-state index in [0.29, 0.717) is 12.2 Å². The minimum absolute atomic E-state index is 0.403. The van der Waals surface area contributed by atoms with E-state index in [0.717, 1.165) is 12.8 Å². The molecule has 0 aliphatic heterocycles. The summed E-state index contributed by atoms with van der Waals surface area (Å²) in [4.78, 5) is 10.7. The lowest BCUT2D eigenvalue weighted by Crippen LogP contribution is -1.93. The molecule has 0 heterocycles. The third kappa shape index (κ3) is 6.28. The number of hydrogen-bond acceptors (Lipinski definition) is 1. The molecular formula is C7H13IO. The Balaban J connectivity index is 2.97. The Hall–Kier alpha value is 0.400. The van der Waals surface area contributed by atoms with Crippen LogP contribution in [0.4, 0.5) is 0 Å². The van der Waals surface area contributed by atoms with Crippen LogP contribution < -0.4 is 0 Å². The van der Waals surface area contributed by atoms with E-state index in [9.17, 15) is 4.79 Å². The van der Waals surface area contributed by atoms with Crippen molar-refractivity contribution in [1.82, 2.24) is 0 Å². The summed E-state index contributed by atoms with van der Waals surface area (Å²) in [5.74, 6) is 0.403. The van der Waals surface area contributed by atoms with E-state index in [2.05, 4.69) is 22.6 Å². The van der Waals surface area contributed by atoms with Crippen LogP contribution in [0.5, 0.6) is 0 Å². The minimum Gasteiger partial charge on any atom is -0.300 e. The summed E-state index contributed by atoms with van der Waals surface area (Å²) >= 11 is 2.33. The van der Waals surface area contributed by atoms with Gasteiger partial charge in [-0.05, 0) is 17.3 Å². The first-order chi connectivity index (χ1) is 4.31. The summed E-state index contributed by atoms with van der Waals surface area (Å²) in [7, 11) is 0. The van der Waals surface area contributed by atoms with Crippen LogP contribution in [0.25, 0.3) is 0 Å². The highest BCUT2D eigenvalue weighted by molar-refractivity contribution is 14.1. The molecule has 0 bridgehead atoms. The maximum absolute atomic E-state index is 10.7. The highest BCUT2D eigenvalue weighted by atomic mass is 127. The topological polar surface area (TPSA) is 17.1 Å². The zero-order valence-electron chi connectivity index (χ0n) is 5.82. The van der Waals surface area contributed by atoms with Gasteiger partial charge in [0.25, 0.3) is 0 Å². The number of rotatable bonds is 5.